The molecule has 2 unspecified atom stereocenters. The van der Waals surface area contributed by atoms with Crippen molar-refractivity contribution in [2.24, 2.45) is 0 Å². The second kappa shape index (κ2) is 13.3. The number of unbranched alkanes of at least 4 members (excludes halogenated alkanes) is 2. The number of likely N-dealkylation sites (N-methyl/N-ethyl adjacent to an activating group) is 1. The fourth-order valence-electron chi connectivity index (χ4n) is 3.17. The molecular formula is C26H42FN3O. The largest absolute Gasteiger partial charge is 0.474 e. The number of hydrogen-bond donors (Lipinski definition) is 2. The molecule has 0 aliphatic heterocycles. The molecule has 0 spiro atoms. The van der Waals surface area contributed by atoms with Gasteiger partial charge in [-0.3, -0.25) is 0 Å². The molecule has 0 bridgehead atoms. The van der Waals surface area contributed by atoms with Crippen LogP contribution in [0.3, 0.4) is 0 Å². The predicted octanol–water partition coefficient (Wildman–Crippen LogP) is 6.18. The van der Waals surface area contributed by atoms with Crippen molar-refractivity contribution in [3.8, 4) is 5.88 Å². The van der Waals surface area contributed by atoms with Crippen LogP contribution < -0.4 is 15.4 Å². The van der Waals surface area contributed by atoms with Crippen LogP contribution in [-0.4, -0.2) is 30.3 Å². The van der Waals surface area contributed by atoms with Gasteiger partial charge in [0.25, 0.3) is 0 Å². The highest BCUT2D eigenvalue weighted by atomic mass is 19.1. The van der Waals surface area contributed by atoms with Gasteiger partial charge in [0.05, 0.1) is 0 Å². The minimum Gasteiger partial charge on any atom is -0.474 e. The van der Waals surface area contributed by atoms with Gasteiger partial charge in [-0.2, -0.15) is 0 Å². The molecule has 4 nitrogen and oxygen atoms in total. The van der Waals surface area contributed by atoms with Crippen molar-refractivity contribution in [1.29, 1.82) is 0 Å². The van der Waals surface area contributed by atoms with E-state index in [2.05, 4.69) is 35.7 Å². The topological polar surface area (TPSA) is 46.2 Å². The van der Waals surface area contributed by atoms with Gasteiger partial charge in [-0.05, 0) is 63.4 Å². The minimum absolute atomic E-state index is 0.00743. The highest BCUT2D eigenvalue weighted by molar-refractivity contribution is 5.45. The normalized spacial score (nSPS) is 14.6. The monoisotopic (exact) mass is 431 g/mol. The molecule has 1 heterocycles. The average molecular weight is 432 g/mol. The van der Waals surface area contributed by atoms with Crippen LogP contribution >= 0.6 is 0 Å². The lowest BCUT2D eigenvalue weighted by Gasteiger charge is -2.22. The Kier molecular flexibility index (Phi) is 11.5. The Morgan fingerprint density at radius 3 is 2.58 bits per heavy atom. The molecule has 2 N–H and O–H groups in total. The third-order valence-electron chi connectivity index (χ3n) is 5.58. The van der Waals surface area contributed by atoms with E-state index in [9.17, 15) is 4.39 Å². The van der Waals surface area contributed by atoms with E-state index in [1.54, 1.807) is 13.1 Å². The maximum absolute atomic E-state index is 14.1. The number of halogens is 1. The van der Waals surface area contributed by atoms with Gasteiger partial charge < -0.3 is 15.4 Å². The quantitative estimate of drug-likeness (QED) is 0.257. The summed E-state index contributed by atoms with van der Waals surface area (Å²) in [5.74, 6) is 0.485. The first-order valence-electron chi connectivity index (χ1n) is 11.4. The molecule has 0 aliphatic rings. The molecule has 0 aliphatic carbocycles. The summed E-state index contributed by atoms with van der Waals surface area (Å²) in [6, 6.07) is 2.25. The lowest BCUT2D eigenvalue weighted by molar-refractivity contribution is 0.0951. The van der Waals surface area contributed by atoms with E-state index in [-0.39, 0.29) is 12.6 Å². The molecule has 31 heavy (non-hydrogen) atoms. The molecule has 0 saturated carbocycles. The van der Waals surface area contributed by atoms with E-state index < -0.39 is 5.67 Å². The van der Waals surface area contributed by atoms with Gasteiger partial charge in [0.15, 0.2) is 0 Å². The van der Waals surface area contributed by atoms with Crippen LogP contribution in [0, 0.1) is 6.92 Å². The van der Waals surface area contributed by atoms with E-state index in [4.69, 9.17) is 4.74 Å². The number of pyridine rings is 1. The second-order valence-corrected chi connectivity index (χ2v) is 8.60. The van der Waals surface area contributed by atoms with Crippen LogP contribution in [0.2, 0.25) is 0 Å². The molecule has 0 saturated heterocycles. The second-order valence-electron chi connectivity index (χ2n) is 8.60. The molecular weight excluding hydrogens is 389 g/mol. The van der Waals surface area contributed by atoms with Crippen LogP contribution in [0.25, 0.3) is 0 Å². The SMILES string of the molecule is C=C(C)C(=C)/C(=C/NCc1cnc(OCC(C)(F)CC)c(C)c1)C(CCCCC)NC. The van der Waals surface area contributed by atoms with Crippen LogP contribution in [-0.2, 0) is 6.54 Å². The number of aryl methyl sites for hydroxylation is 1. The van der Waals surface area contributed by atoms with Crippen molar-refractivity contribution in [3.05, 3.63) is 59.5 Å². The Bertz CT molecular complexity index is 755. The first kappa shape index (κ1) is 26.9. The van der Waals surface area contributed by atoms with Crippen molar-refractivity contribution < 1.29 is 9.13 Å². The molecule has 1 aromatic heterocycles. The standard InChI is InChI=1S/C26H42FN3O/c1-9-11-12-13-24(28-8)23(21(6)19(3)4)17-29-15-22-14-20(5)25(30-16-22)31-18-26(7,27)10-2/h14,16-17,24,28-29H,3,6,9-13,15,18H2,1-2,4-5,7-8H3/b23-17-. The van der Waals surface area contributed by atoms with Gasteiger partial charge in [0.2, 0.25) is 5.88 Å². The van der Waals surface area contributed by atoms with E-state index in [1.165, 1.54) is 19.3 Å². The van der Waals surface area contributed by atoms with E-state index in [1.807, 2.05) is 40.1 Å². The van der Waals surface area contributed by atoms with Gasteiger partial charge in [-0.15, -0.1) is 0 Å². The number of nitrogens with zero attached hydrogens (tertiary/aromatic N) is 1. The van der Waals surface area contributed by atoms with E-state index in [0.717, 1.165) is 34.3 Å². The zero-order valence-electron chi connectivity index (χ0n) is 20.4. The molecule has 1 rings (SSSR count). The predicted molar refractivity (Wildman–Crippen MR) is 130 cm³/mol. The molecule has 0 fully saturated rings. The highest BCUT2D eigenvalue weighted by Gasteiger charge is 2.22. The van der Waals surface area contributed by atoms with Crippen LogP contribution in [0.5, 0.6) is 5.88 Å². The fraction of sp³-hybridized carbons (Fsp3) is 0.577. The fourth-order valence-corrected chi connectivity index (χ4v) is 3.17. The summed E-state index contributed by atoms with van der Waals surface area (Å²) < 4.78 is 19.7. The Labute approximate surface area is 189 Å². The highest BCUT2D eigenvalue weighted by Crippen LogP contribution is 2.23. The third-order valence-corrected chi connectivity index (χ3v) is 5.58. The van der Waals surface area contributed by atoms with Gasteiger partial charge in [0, 0.05) is 30.5 Å². The zero-order valence-corrected chi connectivity index (χ0v) is 20.4. The molecule has 174 valence electrons. The molecule has 0 amide bonds. The first-order chi connectivity index (χ1) is 14.6. The number of ether oxygens (including phenoxy) is 1. The number of aromatic nitrogens is 1. The van der Waals surface area contributed by atoms with E-state index >= 15 is 0 Å². The Balaban J connectivity index is 2.85. The summed E-state index contributed by atoms with van der Waals surface area (Å²) >= 11 is 0. The lowest BCUT2D eigenvalue weighted by atomic mass is 9.92. The maximum atomic E-state index is 14.1. The van der Waals surface area contributed by atoms with Crippen LogP contribution in [0.15, 0.2) is 48.3 Å². The lowest BCUT2D eigenvalue weighted by Crippen LogP contribution is -2.29. The molecule has 5 heteroatoms. The molecule has 1 aromatic rings. The van der Waals surface area contributed by atoms with Gasteiger partial charge in [-0.25, -0.2) is 9.37 Å². The Hall–Kier alpha value is -2.14. The number of rotatable bonds is 15. The third kappa shape index (κ3) is 9.26. The van der Waals surface area contributed by atoms with Crippen molar-refractivity contribution >= 4 is 0 Å². The molecule has 0 aromatic carbocycles. The smallest absolute Gasteiger partial charge is 0.216 e. The Morgan fingerprint density at radius 1 is 1.32 bits per heavy atom. The van der Waals surface area contributed by atoms with Crippen LogP contribution in [0.4, 0.5) is 4.39 Å². The number of allylic oxidation sites excluding steroid dienone is 1. The molecule has 0 radical (unpaired) electrons. The summed E-state index contributed by atoms with van der Waals surface area (Å²) in [5.41, 5.74) is 3.66. The van der Waals surface area contributed by atoms with Gasteiger partial charge >= 0.3 is 0 Å². The molecule has 2 atom stereocenters. The first-order valence-corrected chi connectivity index (χ1v) is 11.4. The average Bonchev–Trinajstić information content (AvgIpc) is 2.73. The number of alkyl halides is 1. The van der Waals surface area contributed by atoms with Gasteiger partial charge in [-0.1, -0.05) is 51.8 Å². The Morgan fingerprint density at radius 2 is 2.03 bits per heavy atom. The van der Waals surface area contributed by atoms with Gasteiger partial charge in [0.1, 0.15) is 12.3 Å². The van der Waals surface area contributed by atoms with Crippen molar-refractivity contribution in [2.75, 3.05) is 13.7 Å². The summed E-state index contributed by atoms with van der Waals surface area (Å²) in [4.78, 5) is 4.38. The van der Waals surface area contributed by atoms with Crippen molar-refractivity contribution in [3.63, 3.8) is 0 Å². The van der Waals surface area contributed by atoms with E-state index in [0.29, 0.717) is 18.8 Å². The summed E-state index contributed by atoms with van der Waals surface area (Å²) in [7, 11) is 1.99. The summed E-state index contributed by atoms with van der Waals surface area (Å²) in [5, 5.41) is 6.83. The van der Waals surface area contributed by atoms with Crippen molar-refractivity contribution in [1.82, 2.24) is 15.6 Å². The summed E-state index contributed by atoms with van der Waals surface area (Å²) in [6.45, 7) is 18.4. The zero-order chi connectivity index (χ0) is 23.4. The number of nitrogens with one attached hydrogen (secondary N) is 2. The summed E-state index contributed by atoms with van der Waals surface area (Å²) in [6.07, 6.45) is 8.87. The van der Waals surface area contributed by atoms with Crippen molar-refractivity contribution in [2.45, 2.75) is 85.0 Å². The minimum atomic E-state index is -1.35. The number of hydrogen-bond acceptors (Lipinski definition) is 4. The van der Waals surface area contributed by atoms with Crippen LogP contribution in [0.1, 0.15) is 70.9 Å². The maximum Gasteiger partial charge on any atom is 0.216 e.